The van der Waals surface area contributed by atoms with Crippen LogP contribution < -0.4 is 9.64 Å². The Balaban J connectivity index is 1.58. The molecule has 0 unspecified atom stereocenters. The number of nitrogens with zero attached hydrogens (tertiary/aromatic N) is 4. The van der Waals surface area contributed by atoms with Crippen LogP contribution in [0.1, 0.15) is 11.1 Å². The van der Waals surface area contributed by atoms with Crippen molar-refractivity contribution in [2.45, 2.75) is 13.8 Å². The number of ether oxygens (including phenoxy) is 1. The highest BCUT2D eigenvalue weighted by Gasteiger charge is 2.13. The first kappa shape index (κ1) is 18.9. The van der Waals surface area contributed by atoms with Crippen molar-refractivity contribution in [3.8, 4) is 17.1 Å². The Labute approximate surface area is 171 Å². The van der Waals surface area contributed by atoms with Crippen LogP contribution in [0.15, 0.2) is 67.0 Å². The summed E-state index contributed by atoms with van der Waals surface area (Å²) >= 11 is 0. The first-order valence-corrected chi connectivity index (χ1v) is 9.69. The molecule has 0 aliphatic carbocycles. The normalized spacial score (nSPS) is 10.9. The van der Waals surface area contributed by atoms with E-state index in [9.17, 15) is 0 Å². The molecule has 0 aliphatic rings. The molecule has 0 aliphatic heterocycles. The van der Waals surface area contributed by atoms with E-state index in [0.29, 0.717) is 19.0 Å². The molecule has 0 N–H and O–H groups in total. The monoisotopic (exact) mass is 384 g/mol. The number of benzene rings is 2. The van der Waals surface area contributed by atoms with Gasteiger partial charge in [0, 0.05) is 30.4 Å². The number of pyridine rings is 1. The maximum Gasteiger partial charge on any atom is 0.163 e. The van der Waals surface area contributed by atoms with E-state index in [-0.39, 0.29) is 0 Å². The fourth-order valence-electron chi connectivity index (χ4n) is 3.40. The van der Waals surface area contributed by atoms with E-state index in [2.05, 4.69) is 48.0 Å². The molecule has 5 nitrogen and oxygen atoms in total. The van der Waals surface area contributed by atoms with Gasteiger partial charge in [0.05, 0.1) is 12.1 Å². The summed E-state index contributed by atoms with van der Waals surface area (Å²) in [6.45, 7) is 5.44. The van der Waals surface area contributed by atoms with Crippen LogP contribution in [0.5, 0.6) is 5.75 Å². The van der Waals surface area contributed by atoms with Crippen LogP contribution >= 0.6 is 0 Å². The summed E-state index contributed by atoms with van der Waals surface area (Å²) in [5.74, 6) is 2.46. The second-order valence-corrected chi connectivity index (χ2v) is 7.22. The van der Waals surface area contributed by atoms with Crippen LogP contribution in [-0.2, 0) is 0 Å². The summed E-state index contributed by atoms with van der Waals surface area (Å²) in [7, 11) is 2.03. The lowest BCUT2D eigenvalue weighted by molar-refractivity contribution is 0.325. The molecule has 4 aromatic rings. The predicted octanol–water partition coefficient (Wildman–Crippen LogP) is 4.82. The van der Waals surface area contributed by atoms with Gasteiger partial charge < -0.3 is 9.64 Å². The lowest BCUT2D eigenvalue weighted by Crippen LogP contribution is -2.25. The molecule has 2 aromatic carbocycles. The number of aryl methyl sites for hydroxylation is 2. The molecule has 5 heteroatoms. The summed E-state index contributed by atoms with van der Waals surface area (Å²) in [4.78, 5) is 15.9. The Kier molecular flexibility index (Phi) is 5.38. The highest BCUT2D eigenvalue weighted by Crippen LogP contribution is 2.26. The number of hydrogen-bond acceptors (Lipinski definition) is 5. The molecule has 146 valence electrons. The van der Waals surface area contributed by atoms with Crippen molar-refractivity contribution >= 4 is 16.7 Å². The van der Waals surface area contributed by atoms with Crippen LogP contribution in [0.4, 0.5) is 5.82 Å². The third kappa shape index (κ3) is 4.35. The third-order valence-electron chi connectivity index (χ3n) is 4.76. The van der Waals surface area contributed by atoms with Gasteiger partial charge in [-0.15, -0.1) is 0 Å². The van der Waals surface area contributed by atoms with Crippen LogP contribution in [0.2, 0.25) is 0 Å². The maximum atomic E-state index is 5.99. The first-order chi connectivity index (χ1) is 14.1. The van der Waals surface area contributed by atoms with E-state index < -0.39 is 0 Å². The predicted molar refractivity (Wildman–Crippen MR) is 117 cm³/mol. The minimum atomic E-state index is 0.569. The molecule has 0 bridgehead atoms. The fourth-order valence-corrected chi connectivity index (χ4v) is 3.40. The van der Waals surface area contributed by atoms with E-state index in [1.54, 1.807) is 12.4 Å². The summed E-state index contributed by atoms with van der Waals surface area (Å²) in [6.07, 6.45) is 3.54. The maximum absolute atomic E-state index is 5.99. The molecule has 0 fully saturated rings. The summed E-state index contributed by atoms with van der Waals surface area (Å²) in [5, 5.41) is 1.02. The Bertz CT molecular complexity index is 1110. The Morgan fingerprint density at radius 3 is 2.48 bits per heavy atom. The standard InChI is InChI=1S/C24H24N4O/c1-17-13-18(2)15-20(14-17)29-12-11-28(3)24-21-8-4-5-9-22(21)26-23(27-24)19-7-6-10-25-16-19/h4-10,13-16H,11-12H2,1-3H3. The van der Waals surface area contributed by atoms with Crippen molar-refractivity contribution in [1.82, 2.24) is 15.0 Å². The SMILES string of the molecule is Cc1cc(C)cc(OCCN(C)c2nc(-c3cccnc3)nc3ccccc23)c1. The van der Waals surface area contributed by atoms with E-state index in [4.69, 9.17) is 14.7 Å². The quantitative estimate of drug-likeness (QED) is 0.477. The molecule has 29 heavy (non-hydrogen) atoms. The number of para-hydroxylation sites is 1. The lowest BCUT2D eigenvalue weighted by Gasteiger charge is -2.21. The van der Waals surface area contributed by atoms with Gasteiger partial charge in [-0.3, -0.25) is 4.98 Å². The van der Waals surface area contributed by atoms with Crippen LogP contribution in [0.3, 0.4) is 0 Å². The van der Waals surface area contributed by atoms with Gasteiger partial charge in [-0.1, -0.05) is 18.2 Å². The van der Waals surface area contributed by atoms with Crippen LogP contribution in [0, 0.1) is 13.8 Å². The Hall–Kier alpha value is -3.47. The lowest BCUT2D eigenvalue weighted by atomic mass is 10.1. The average molecular weight is 384 g/mol. The van der Waals surface area contributed by atoms with E-state index in [1.165, 1.54) is 11.1 Å². The average Bonchev–Trinajstić information content (AvgIpc) is 2.73. The van der Waals surface area contributed by atoms with Crippen molar-refractivity contribution in [1.29, 1.82) is 0 Å². The number of hydrogen-bond donors (Lipinski definition) is 0. The zero-order valence-corrected chi connectivity index (χ0v) is 17.0. The topological polar surface area (TPSA) is 51.1 Å². The van der Waals surface area contributed by atoms with Crippen LogP contribution in [0.25, 0.3) is 22.3 Å². The summed E-state index contributed by atoms with van der Waals surface area (Å²) in [5.41, 5.74) is 4.23. The molecule has 0 spiro atoms. The van der Waals surface area contributed by atoms with Crippen molar-refractivity contribution in [3.63, 3.8) is 0 Å². The zero-order chi connectivity index (χ0) is 20.2. The molecule has 0 saturated heterocycles. The molecule has 4 rings (SSSR count). The number of aromatic nitrogens is 3. The Morgan fingerprint density at radius 1 is 0.931 bits per heavy atom. The van der Waals surface area contributed by atoms with Crippen LogP contribution in [-0.4, -0.2) is 35.2 Å². The number of rotatable bonds is 6. The molecular formula is C24H24N4O. The van der Waals surface area contributed by atoms with Gasteiger partial charge in [0.25, 0.3) is 0 Å². The van der Waals surface area contributed by atoms with Crippen molar-refractivity contribution in [3.05, 3.63) is 78.1 Å². The molecule has 0 amide bonds. The highest BCUT2D eigenvalue weighted by atomic mass is 16.5. The minimum absolute atomic E-state index is 0.569. The summed E-state index contributed by atoms with van der Waals surface area (Å²) in [6, 6.07) is 18.2. The van der Waals surface area contributed by atoms with Crippen molar-refractivity contribution < 1.29 is 4.74 Å². The minimum Gasteiger partial charge on any atom is -0.492 e. The van der Waals surface area contributed by atoms with Crippen molar-refractivity contribution in [2.75, 3.05) is 25.1 Å². The first-order valence-electron chi connectivity index (χ1n) is 9.69. The van der Waals surface area contributed by atoms with Gasteiger partial charge in [-0.2, -0.15) is 0 Å². The molecule has 2 heterocycles. The smallest absolute Gasteiger partial charge is 0.163 e. The van der Waals surface area contributed by atoms with Gasteiger partial charge in [-0.25, -0.2) is 9.97 Å². The van der Waals surface area contributed by atoms with Gasteiger partial charge >= 0.3 is 0 Å². The largest absolute Gasteiger partial charge is 0.492 e. The molecule has 0 atom stereocenters. The number of anilines is 1. The molecule has 0 saturated carbocycles. The second kappa shape index (κ2) is 8.27. The van der Waals surface area contributed by atoms with Crippen molar-refractivity contribution in [2.24, 2.45) is 0 Å². The van der Waals surface area contributed by atoms with E-state index in [1.807, 2.05) is 37.4 Å². The zero-order valence-electron chi connectivity index (χ0n) is 17.0. The highest BCUT2D eigenvalue weighted by molar-refractivity contribution is 5.90. The summed E-state index contributed by atoms with van der Waals surface area (Å²) < 4.78 is 5.99. The second-order valence-electron chi connectivity index (χ2n) is 7.22. The van der Waals surface area contributed by atoms with E-state index in [0.717, 1.165) is 28.0 Å². The molecular weight excluding hydrogens is 360 g/mol. The van der Waals surface area contributed by atoms with Gasteiger partial charge in [0.15, 0.2) is 5.82 Å². The number of fused-ring (bicyclic) bond motifs is 1. The number of likely N-dealkylation sites (N-methyl/N-ethyl adjacent to an activating group) is 1. The van der Waals surface area contributed by atoms with Gasteiger partial charge in [0.1, 0.15) is 18.2 Å². The molecule has 0 radical (unpaired) electrons. The third-order valence-corrected chi connectivity index (χ3v) is 4.76. The fraction of sp³-hybridized carbons (Fsp3) is 0.208. The van der Waals surface area contributed by atoms with E-state index >= 15 is 0 Å². The van der Waals surface area contributed by atoms with Gasteiger partial charge in [-0.05, 0) is 61.4 Å². The Morgan fingerprint density at radius 2 is 1.72 bits per heavy atom. The molecule has 2 aromatic heterocycles. The van der Waals surface area contributed by atoms with Gasteiger partial charge in [0.2, 0.25) is 0 Å².